The fraction of sp³-hybridized carbons (Fsp3) is 0.429. The molecule has 4 nitrogen and oxygen atoms in total. The van der Waals surface area contributed by atoms with Gasteiger partial charge in [0.05, 0.1) is 6.07 Å². The normalized spacial score (nSPS) is 15.8. The molecule has 1 aromatic carbocycles. The number of aliphatic hydroxyl groups is 1. The first kappa shape index (κ1) is 17.2. The average molecular weight is 405 g/mol. The Morgan fingerprint density at radius 2 is 2.00 bits per heavy atom. The smallest absolute Gasteiger partial charge is 0.265 e. The quantitative estimate of drug-likeness (QED) is 0.582. The topological polar surface area (TPSA) is 70.3 Å². The largest absolute Gasteiger partial charge is 0.455 e. The molecule has 6 heteroatoms. The summed E-state index contributed by atoms with van der Waals surface area (Å²) >= 11 is 6.38. The molecule has 0 aliphatic carbocycles. The van der Waals surface area contributed by atoms with Gasteiger partial charge in [-0.15, -0.1) is 0 Å². The lowest BCUT2D eigenvalue weighted by Crippen LogP contribution is -2.43. The van der Waals surface area contributed by atoms with Crippen molar-refractivity contribution in [1.29, 1.82) is 5.26 Å². The molecular formula is C14H15Br2NO3. The first-order valence-electron chi connectivity index (χ1n) is 5.98. The molecule has 1 aromatic rings. The molecule has 0 fully saturated rings. The maximum absolute atomic E-state index is 12.1. The number of rotatable bonds is 6. The van der Waals surface area contributed by atoms with Gasteiger partial charge in [-0.05, 0) is 12.1 Å². The molecule has 0 aliphatic rings. The molecule has 0 heterocycles. The first-order chi connectivity index (χ1) is 9.19. The van der Waals surface area contributed by atoms with E-state index in [0.29, 0.717) is 5.75 Å². The van der Waals surface area contributed by atoms with E-state index in [1.165, 1.54) is 6.92 Å². The van der Waals surface area contributed by atoms with Gasteiger partial charge in [-0.25, -0.2) is 0 Å². The summed E-state index contributed by atoms with van der Waals surface area (Å²) in [4.78, 5) is 12.1. The molecule has 0 saturated carbocycles. The highest BCUT2D eigenvalue weighted by Crippen LogP contribution is 2.36. The van der Waals surface area contributed by atoms with Crippen molar-refractivity contribution in [2.24, 2.45) is 5.92 Å². The van der Waals surface area contributed by atoms with Crippen LogP contribution < -0.4 is 4.74 Å². The van der Waals surface area contributed by atoms with Crippen LogP contribution in [0.4, 0.5) is 0 Å². The lowest BCUT2D eigenvalue weighted by Gasteiger charge is -2.26. The summed E-state index contributed by atoms with van der Waals surface area (Å²) in [7, 11) is 0. The van der Waals surface area contributed by atoms with Gasteiger partial charge in [0.1, 0.15) is 5.75 Å². The zero-order valence-corrected chi connectivity index (χ0v) is 14.3. The molecule has 108 valence electrons. The number of nitriles is 1. The van der Waals surface area contributed by atoms with Gasteiger partial charge in [0.25, 0.3) is 5.79 Å². The molecule has 2 atom stereocenters. The van der Waals surface area contributed by atoms with E-state index >= 15 is 0 Å². The molecule has 1 rings (SSSR count). The second-order valence-corrected chi connectivity index (χ2v) is 8.23. The number of carbonyl (C=O) groups is 1. The molecule has 2 unspecified atom stereocenters. The lowest BCUT2D eigenvalue weighted by atomic mass is 9.97. The van der Waals surface area contributed by atoms with Crippen molar-refractivity contribution in [3.05, 3.63) is 30.3 Å². The van der Waals surface area contributed by atoms with E-state index in [2.05, 4.69) is 31.9 Å². The van der Waals surface area contributed by atoms with Crippen molar-refractivity contribution in [2.45, 2.75) is 29.3 Å². The number of nitrogens with zero attached hydrogens (tertiary/aromatic N) is 1. The van der Waals surface area contributed by atoms with E-state index in [-0.39, 0.29) is 12.3 Å². The summed E-state index contributed by atoms with van der Waals surface area (Å²) < 4.78 is 4.30. The molecule has 0 radical (unpaired) electrons. The Bertz CT molecular complexity index is 509. The Hall–Kier alpha value is -0.900. The van der Waals surface area contributed by atoms with E-state index in [1.807, 2.05) is 12.1 Å². The Morgan fingerprint density at radius 1 is 1.45 bits per heavy atom. The number of ketones is 1. The summed E-state index contributed by atoms with van der Waals surface area (Å²) in [5, 5.41) is 19.1. The highest BCUT2D eigenvalue weighted by molar-refractivity contribution is 9.25. The number of hydrogen-bond donors (Lipinski definition) is 1. The van der Waals surface area contributed by atoms with E-state index in [9.17, 15) is 9.90 Å². The van der Waals surface area contributed by atoms with E-state index < -0.39 is 14.8 Å². The Labute approximate surface area is 135 Å². The van der Waals surface area contributed by atoms with Gasteiger partial charge in [-0.3, -0.25) is 4.79 Å². The number of halogens is 2. The maximum atomic E-state index is 12.1. The van der Waals surface area contributed by atoms with Gasteiger partial charge in [0, 0.05) is 19.3 Å². The predicted molar refractivity (Wildman–Crippen MR) is 82.7 cm³/mol. The second-order valence-electron chi connectivity index (χ2n) is 4.66. The van der Waals surface area contributed by atoms with Gasteiger partial charge in [0.15, 0.2) is 3.23 Å². The van der Waals surface area contributed by atoms with Crippen LogP contribution in [0.5, 0.6) is 5.75 Å². The number of hydrogen-bond acceptors (Lipinski definition) is 4. The highest BCUT2D eigenvalue weighted by atomic mass is 79.9. The minimum Gasteiger partial charge on any atom is -0.455 e. The van der Waals surface area contributed by atoms with Crippen LogP contribution in [0, 0.1) is 17.2 Å². The summed E-state index contributed by atoms with van der Waals surface area (Å²) in [5.41, 5.74) is 0. The van der Waals surface area contributed by atoms with Gasteiger partial charge in [0.2, 0.25) is 5.78 Å². The fourth-order valence-electron chi connectivity index (χ4n) is 1.48. The number of para-hydroxylation sites is 1. The number of carbonyl (C=O) groups excluding carboxylic acids is 1. The predicted octanol–water partition coefficient (Wildman–Crippen LogP) is 3.38. The fourth-order valence-corrected chi connectivity index (χ4v) is 1.80. The Morgan fingerprint density at radius 3 is 2.50 bits per heavy atom. The van der Waals surface area contributed by atoms with E-state index in [1.54, 1.807) is 31.2 Å². The van der Waals surface area contributed by atoms with Crippen LogP contribution in [0.2, 0.25) is 0 Å². The van der Waals surface area contributed by atoms with Crippen molar-refractivity contribution < 1.29 is 14.6 Å². The maximum Gasteiger partial charge on any atom is 0.265 e. The molecule has 0 spiro atoms. The molecule has 1 N–H and O–H groups in total. The van der Waals surface area contributed by atoms with Gasteiger partial charge in [-0.2, -0.15) is 5.26 Å². The number of benzene rings is 1. The minimum atomic E-state index is -1.93. The summed E-state index contributed by atoms with van der Waals surface area (Å²) in [6, 6.07) is 10.6. The third-order valence-corrected chi connectivity index (χ3v) is 4.75. The van der Waals surface area contributed by atoms with Crippen molar-refractivity contribution in [1.82, 2.24) is 0 Å². The Kier molecular flexibility index (Phi) is 5.75. The van der Waals surface area contributed by atoms with Crippen LogP contribution in [0.25, 0.3) is 0 Å². The van der Waals surface area contributed by atoms with Crippen LogP contribution in [0.3, 0.4) is 0 Å². The summed E-state index contributed by atoms with van der Waals surface area (Å²) in [5.74, 6) is -2.36. The lowest BCUT2D eigenvalue weighted by molar-refractivity contribution is -0.167. The van der Waals surface area contributed by atoms with Crippen molar-refractivity contribution in [3.63, 3.8) is 0 Å². The average Bonchev–Trinajstić information content (AvgIpc) is 2.39. The van der Waals surface area contributed by atoms with Crippen LogP contribution in [0.15, 0.2) is 30.3 Å². The van der Waals surface area contributed by atoms with E-state index in [4.69, 9.17) is 10.00 Å². The number of Topliss-reactive ketones (excluding diaryl/α,β-unsaturated/α-hetero) is 1. The molecule has 0 amide bonds. The summed E-state index contributed by atoms with van der Waals surface area (Å²) in [6.45, 7) is 3.02. The van der Waals surface area contributed by atoms with Crippen LogP contribution in [-0.4, -0.2) is 19.9 Å². The minimum absolute atomic E-state index is 0.0100. The summed E-state index contributed by atoms with van der Waals surface area (Å²) in [6.07, 6.45) is -0.0100. The van der Waals surface area contributed by atoms with Gasteiger partial charge < -0.3 is 9.84 Å². The molecule has 20 heavy (non-hydrogen) atoms. The monoisotopic (exact) mass is 403 g/mol. The molecule has 0 aromatic heterocycles. The van der Waals surface area contributed by atoms with Crippen LogP contribution in [0.1, 0.15) is 20.3 Å². The van der Waals surface area contributed by atoms with Crippen LogP contribution in [-0.2, 0) is 4.79 Å². The zero-order valence-electron chi connectivity index (χ0n) is 11.1. The molecule has 0 aliphatic heterocycles. The van der Waals surface area contributed by atoms with Crippen molar-refractivity contribution >= 4 is 37.6 Å². The van der Waals surface area contributed by atoms with Crippen molar-refractivity contribution in [3.8, 4) is 11.8 Å². The Balaban J connectivity index is 2.73. The highest BCUT2D eigenvalue weighted by Gasteiger charge is 2.38. The number of ether oxygens (including phenoxy) is 1. The zero-order chi connectivity index (χ0) is 15.4. The SMILES string of the molecule is CC(CC(=O)C(C)(O)Oc1ccccc1)C(Br)(Br)C#N. The molecule has 0 bridgehead atoms. The van der Waals surface area contributed by atoms with Gasteiger partial charge in [-0.1, -0.05) is 57.0 Å². The first-order valence-corrected chi connectivity index (χ1v) is 7.56. The second kappa shape index (κ2) is 6.70. The third kappa shape index (κ3) is 4.58. The van der Waals surface area contributed by atoms with E-state index in [0.717, 1.165) is 0 Å². The van der Waals surface area contributed by atoms with Crippen molar-refractivity contribution in [2.75, 3.05) is 0 Å². The van der Waals surface area contributed by atoms with Gasteiger partial charge >= 0.3 is 0 Å². The standard InChI is InChI=1S/C14H15Br2NO3/c1-10(14(15,16)9-17)8-12(18)13(2,19)20-11-6-4-3-5-7-11/h3-7,10,19H,8H2,1-2H3. The molecule has 0 saturated heterocycles. The third-order valence-electron chi connectivity index (χ3n) is 2.84. The number of alkyl halides is 2. The molecular weight excluding hydrogens is 390 g/mol. The van der Waals surface area contributed by atoms with Crippen LogP contribution >= 0.6 is 31.9 Å².